The number of hydrogen-bond acceptors (Lipinski definition) is 2. The molecule has 3 rings (SSSR count). The van der Waals surface area contributed by atoms with Gasteiger partial charge in [0.05, 0.1) is 0 Å². The molecule has 3 atom stereocenters. The van der Waals surface area contributed by atoms with E-state index in [1.54, 1.807) is 0 Å². The highest BCUT2D eigenvalue weighted by Crippen LogP contribution is 2.50. The van der Waals surface area contributed by atoms with E-state index in [1.165, 1.54) is 4.90 Å². The third-order valence-corrected chi connectivity index (χ3v) is 4.58. The van der Waals surface area contributed by atoms with Crippen LogP contribution in [0.4, 0.5) is 0 Å². The fourth-order valence-corrected chi connectivity index (χ4v) is 3.36. The molecule has 0 radical (unpaired) electrons. The molecule has 20 heavy (non-hydrogen) atoms. The van der Waals surface area contributed by atoms with Gasteiger partial charge in [-0.05, 0) is 36.8 Å². The Labute approximate surface area is 122 Å². The van der Waals surface area contributed by atoms with Crippen LogP contribution in [0.5, 0.6) is 0 Å². The Kier molecular flexibility index (Phi) is 3.42. The van der Waals surface area contributed by atoms with Gasteiger partial charge in [-0.2, -0.15) is 0 Å². The van der Waals surface area contributed by atoms with Crippen molar-refractivity contribution < 1.29 is 14.7 Å². The van der Waals surface area contributed by atoms with E-state index in [1.807, 2.05) is 24.3 Å². The molecule has 1 saturated carbocycles. The maximum Gasteiger partial charge on any atom is 0.326 e. The molecule has 1 heterocycles. The largest absolute Gasteiger partial charge is 0.480 e. The second-order valence-corrected chi connectivity index (χ2v) is 5.91. The summed E-state index contributed by atoms with van der Waals surface area (Å²) < 4.78 is 0. The second-order valence-electron chi connectivity index (χ2n) is 5.50. The number of rotatable bonds is 3. The van der Waals surface area contributed by atoms with E-state index in [4.69, 9.17) is 16.7 Å². The van der Waals surface area contributed by atoms with Gasteiger partial charge in [-0.3, -0.25) is 4.79 Å². The van der Waals surface area contributed by atoms with Crippen LogP contribution < -0.4 is 0 Å². The van der Waals surface area contributed by atoms with Gasteiger partial charge in [0.15, 0.2) is 0 Å². The first-order valence-corrected chi connectivity index (χ1v) is 7.25. The minimum atomic E-state index is -0.897. The molecule has 1 N–H and O–H groups in total. The number of hydrogen-bond donors (Lipinski definition) is 1. The van der Waals surface area contributed by atoms with Crippen LogP contribution in [0.25, 0.3) is 0 Å². The summed E-state index contributed by atoms with van der Waals surface area (Å²) in [5, 5.41) is 9.83. The van der Waals surface area contributed by atoms with Crippen molar-refractivity contribution in [2.75, 3.05) is 6.54 Å². The number of carboxylic acids is 1. The maximum atomic E-state index is 12.4. The normalized spacial score (nSPS) is 28.4. The topological polar surface area (TPSA) is 57.6 Å². The second kappa shape index (κ2) is 5.09. The van der Waals surface area contributed by atoms with E-state index in [0.717, 1.165) is 18.4 Å². The number of amides is 1. The quantitative estimate of drug-likeness (QED) is 0.931. The smallest absolute Gasteiger partial charge is 0.326 e. The Morgan fingerprint density at radius 3 is 2.75 bits per heavy atom. The first kappa shape index (κ1) is 13.4. The first-order chi connectivity index (χ1) is 9.59. The van der Waals surface area contributed by atoms with Crippen molar-refractivity contribution in [3.63, 3.8) is 0 Å². The predicted molar refractivity (Wildman–Crippen MR) is 74.7 cm³/mol. The van der Waals surface area contributed by atoms with Crippen molar-refractivity contribution in [3.8, 4) is 0 Å². The average molecular weight is 294 g/mol. The van der Waals surface area contributed by atoms with Gasteiger partial charge in [0.2, 0.25) is 5.91 Å². The predicted octanol–water partition coefficient (Wildman–Crippen LogP) is 2.52. The van der Waals surface area contributed by atoms with Gasteiger partial charge in [0, 0.05) is 17.5 Å². The van der Waals surface area contributed by atoms with Crippen molar-refractivity contribution in [3.05, 3.63) is 34.9 Å². The van der Waals surface area contributed by atoms with Gasteiger partial charge < -0.3 is 10.0 Å². The number of likely N-dealkylation sites (tertiary alicyclic amines) is 1. The lowest BCUT2D eigenvalue weighted by atomic mass is 10.1. The minimum Gasteiger partial charge on any atom is -0.480 e. The Morgan fingerprint density at radius 2 is 2.05 bits per heavy atom. The van der Waals surface area contributed by atoms with Crippen LogP contribution in [0.3, 0.4) is 0 Å². The van der Waals surface area contributed by atoms with E-state index >= 15 is 0 Å². The SMILES string of the molecule is O=C(O)C1CCCN1C(=O)C1CC1c1ccccc1Cl. The van der Waals surface area contributed by atoms with Crippen LogP contribution in [-0.4, -0.2) is 34.5 Å². The fraction of sp³-hybridized carbons (Fsp3) is 0.467. The highest BCUT2D eigenvalue weighted by molar-refractivity contribution is 6.31. The lowest BCUT2D eigenvalue weighted by molar-refractivity contribution is -0.148. The number of nitrogens with zero attached hydrogens (tertiary/aromatic N) is 1. The highest BCUT2D eigenvalue weighted by Gasteiger charge is 2.49. The van der Waals surface area contributed by atoms with Crippen LogP contribution in [0.1, 0.15) is 30.7 Å². The lowest BCUT2D eigenvalue weighted by Crippen LogP contribution is -2.41. The monoisotopic (exact) mass is 293 g/mol. The number of benzene rings is 1. The minimum absolute atomic E-state index is 0.0279. The van der Waals surface area contributed by atoms with Crippen molar-refractivity contribution >= 4 is 23.5 Å². The molecule has 0 spiro atoms. The maximum absolute atomic E-state index is 12.4. The average Bonchev–Trinajstić information content (AvgIpc) is 3.05. The van der Waals surface area contributed by atoms with Crippen molar-refractivity contribution in [1.29, 1.82) is 0 Å². The Bertz CT molecular complexity index is 560. The Hall–Kier alpha value is -1.55. The molecule has 2 aliphatic rings. The van der Waals surface area contributed by atoms with Gasteiger partial charge >= 0.3 is 5.97 Å². The Morgan fingerprint density at radius 1 is 1.30 bits per heavy atom. The molecule has 1 amide bonds. The number of carbonyl (C=O) groups is 2. The molecule has 2 fully saturated rings. The van der Waals surface area contributed by atoms with E-state index in [0.29, 0.717) is 18.0 Å². The summed E-state index contributed by atoms with van der Waals surface area (Å²) in [6.07, 6.45) is 2.10. The molecule has 1 saturated heterocycles. The van der Waals surface area contributed by atoms with Gasteiger partial charge in [0.25, 0.3) is 0 Å². The number of aliphatic carboxylic acids is 1. The van der Waals surface area contributed by atoms with E-state index in [2.05, 4.69) is 0 Å². The molecule has 0 aromatic heterocycles. The highest BCUT2D eigenvalue weighted by atomic mass is 35.5. The zero-order valence-corrected chi connectivity index (χ0v) is 11.7. The lowest BCUT2D eigenvalue weighted by Gasteiger charge is -2.21. The molecule has 0 bridgehead atoms. The summed E-state index contributed by atoms with van der Waals surface area (Å²) in [7, 11) is 0. The molecule has 3 unspecified atom stereocenters. The zero-order chi connectivity index (χ0) is 14.3. The van der Waals surface area contributed by atoms with Gasteiger partial charge in [-0.25, -0.2) is 4.79 Å². The summed E-state index contributed by atoms with van der Waals surface area (Å²) in [4.78, 5) is 25.1. The van der Waals surface area contributed by atoms with Gasteiger partial charge in [0.1, 0.15) is 6.04 Å². The van der Waals surface area contributed by atoms with E-state index < -0.39 is 12.0 Å². The van der Waals surface area contributed by atoms with E-state index in [9.17, 15) is 9.59 Å². The number of halogens is 1. The summed E-state index contributed by atoms with van der Waals surface area (Å²) in [6, 6.07) is 6.91. The molecule has 1 aliphatic carbocycles. The molecule has 1 aromatic rings. The summed E-state index contributed by atoms with van der Waals surface area (Å²) in [5.74, 6) is -0.883. The molecular weight excluding hydrogens is 278 g/mol. The third kappa shape index (κ3) is 2.29. The van der Waals surface area contributed by atoms with Crippen LogP contribution in [-0.2, 0) is 9.59 Å². The molecule has 4 nitrogen and oxygen atoms in total. The molecule has 106 valence electrons. The van der Waals surface area contributed by atoms with Crippen molar-refractivity contribution in [2.45, 2.75) is 31.2 Å². The zero-order valence-electron chi connectivity index (χ0n) is 11.0. The first-order valence-electron chi connectivity index (χ1n) is 6.87. The van der Waals surface area contributed by atoms with Crippen LogP contribution >= 0.6 is 11.6 Å². The number of carboxylic acid groups (broad SMARTS) is 1. The number of carbonyl (C=O) groups excluding carboxylic acids is 1. The molecule has 1 aromatic carbocycles. The van der Waals surface area contributed by atoms with Crippen molar-refractivity contribution in [2.24, 2.45) is 5.92 Å². The fourth-order valence-electron chi connectivity index (χ4n) is 3.09. The molecule has 5 heteroatoms. The van der Waals surface area contributed by atoms with Crippen LogP contribution in [0.15, 0.2) is 24.3 Å². The van der Waals surface area contributed by atoms with E-state index in [-0.39, 0.29) is 17.7 Å². The van der Waals surface area contributed by atoms with Crippen molar-refractivity contribution in [1.82, 2.24) is 4.90 Å². The standard InChI is InChI=1S/C15H16ClNO3/c16-12-5-2-1-4-9(12)10-8-11(10)14(18)17-7-3-6-13(17)15(19)20/h1-2,4-5,10-11,13H,3,6-8H2,(H,19,20). The van der Waals surface area contributed by atoms with Gasteiger partial charge in [-0.1, -0.05) is 29.8 Å². The summed E-state index contributed by atoms with van der Waals surface area (Å²) in [6.45, 7) is 0.557. The van der Waals surface area contributed by atoms with Gasteiger partial charge in [-0.15, -0.1) is 0 Å². The Balaban J connectivity index is 1.72. The van der Waals surface area contributed by atoms with Crippen LogP contribution in [0.2, 0.25) is 5.02 Å². The summed E-state index contributed by atoms with van der Waals surface area (Å²) in [5.41, 5.74) is 0.999. The molecular formula is C15H16ClNO3. The molecule has 1 aliphatic heterocycles. The summed E-state index contributed by atoms with van der Waals surface area (Å²) >= 11 is 6.15. The third-order valence-electron chi connectivity index (χ3n) is 4.23. The van der Waals surface area contributed by atoms with Crippen LogP contribution in [0, 0.1) is 5.92 Å².